The van der Waals surface area contributed by atoms with E-state index in [1.807, 2.05) is 0 Å². The van der Waals surface area contributed by atoms with E-state index in [9.17, 15) is 4.39 Å². The van der Waals surface area contributed by atoms with Gasteiger partial charge in [-0.2, -0.15) is 0 Å². The standard InChI is InChI=1S/C9H17FN/c1-7(2)9-4-5-11(9,3)6-8(9)10/h7-8H,4-6H2,1-3H3/q+1/t8?,9?,11-/m0/s1. The van der Waals surface area contributed by atoms with Crippen LogP contribution < -0.4 is 0 Å². The van der Waals surface area contributed by atoms with Crippen molar-refractivity contribution >= 4 is 0 Å². The zero-order valence-corrected chi connectivity index (χ0v) is 7.60. The lowest BCUT2D eigenvalue weighted by atomic mass is 9.62. The minimum absolute atomic E-state index is 0.0278. The van der Waals surface area contributed by atoms with E-state index < -0.39 is 6.17 Å². The van der Waals surface area contributed by atoms with Crippen molar-refractivity contribution in [3.63, 3.8) is 0 Å². The smallest absolute Gasteiger partial charge is 0.203 e. The molecule has 0 radical (unpaired) electrons. The minimum atomic E-state index is -0.527. The number of piperidine rings is 1. The van der Waals surface area contributed by atoms with Crippen LogP contribution in [0.2, 0.25) is 0 Å². The lowest BCUT2D eigenvalue weighted by Gasteiger charge is -2.70. The summed E-state index contributed by atoms with van der Waals surface area (Å²) in [6.45, 7) is 6.26. The summed E-state index contributed by atoms with van der Waals surface area (Å²) in [6.07, 6.45) is 0.573. The maximum absolute atomic E-state index is 13.3. The third-order valence-corrected chi connectivity index (χ3v) is 4.12. The van der Waals surface area contributed by atoms with Crippen molar-refractivity contribution in [1.29, 1.82) is 0 Å². The van der Waals surface area contributed by atoms with E-state index in [1.165, 1.54) is 6.54 Å². The Balaban J connectivity index is 2.23. The highest BCUT2D eigenvalue weighted by atomic mass is 19.1. The second-order valence-corrected chi connectivity index (χ2v) is 4.67. The van der Waals surface area contributed by atoms with Crippen molar-refractivity contribution in [2.75, 3.05) is 20.1 Å². The van der Waals surface area contributed by atoms with Gasteiger partial charge in [-0.05, 0) is 0 Å². The zero-order valence-electron chi connectivity index (χ0n) is 7.60. The number of alkyl halides is 1. The molecule has 0 spiro atoms. The maximum atomic E-state index is 13.3. The summed E-state index contributed by atoms with van der Waals surface area (Å²) >= 11 is 0. The van der Waals surface area contributed by atoms with E-state index in [-0.39, 0.29) is 5.54 Å². The third-order valence-electron chi connectivity index (χ3n) is 4.12. The van der Waals surface area contributed by atoms with Crippen molar-refractivity contribution in [3.8, 4) is 0 Å². The Morgan fingerprint density at radius 3 is 2.27 bits per heavy atom. The lowest BCUT2D eigenvalue weighted by Crippen LogP contribution is -2.88. The molecule has 64 valence electrons. The number of rotatable bonds is 1. The third kappa shape index (κ3) is 0.569. The summed E-state index contributed by atoms with van der Waals surface area (Å²) in [5.41, 5.74) is 0.0278. The number of nitrogens with zero attached hydrogens (tertiary/aromatic N) is 1. The largest absolute Gasteiger partial charge is 0.315 e. The highest BCUT2D eigenvalue weighted by Gasteiger charge is 2.73. The molecule has 0 N–H and O–H groups in total. The Labute approximate surface area is 67.8 Å². The summed E-state index contributed by atoms with van der Waals surface area (Å²) in [6, 6.07) is 0. The normalized spacial score (nSPS) is 54.8. The van der Waals surface area contributed by atoms with Crippen LogP contribution in [0.1, 0.15) is 20.3 Å². The van der Waals surface area contributed by atoms with E-state index in [4.69, 9.17) is 0 Å². The Kier molecular flexibility index (Phi) is 1.23. The van der Waals surface area contributed by atoms with Gasteiger partial charge in [-0.3, -0.25) is 0 Å². The Morgan fingerprint density at radius 1 is 1.55 bits per heavy atom. The number of fused-ring (bicyclic) bond motifs is 1. The van der Waals surface area contributed by atoms with Crippen LogP contribution in [0, 0.1) is 5.92 Å². The molecule has 3 atom stereocenters. The monoisotopic (exact) mass is 158 g/mol. The van der Waals surface area contributed by atoms with Gasteiger partial charge in [0.1, 0.15) is 12.1 Å². The molecule has 0 aromatic heterocycles. The summed E-state index contributed by atoms with van der Waals surface area (Å²) in [5.74, 6) is 0.505. The maximum Gasteiger partial charge on any atom is 0.203 e. The second kappa shape index (κ2) is 1.79. The second-order valence-electron chi connectivity index (χ2n) is 4.67. The molecule has 0 bridgehead atoms. The van der Waals surface area contributed by atoms with Gasteiger partial charge in [-0.25, -0.2) is 4.39 Å². The molecule has 0 aromatic carbocycles. The summed E-state index contributed by atoms with van der Waals surface area (Å²) in [5, 5.41) is 0. The Bertz CT molecular complexity index is 185. The molecule has 0 amide bonds. The van der Waals surface area contributed by atoms with E-state index in [1.54, 1.807) is 0 Å². The zero-order chi connectivity index (χ0) is 8.28. The van der Waals surface area contributed by atoms with Crippen molar-refractivity contribution in [1.82, 2.24) is 0 Å². The molecule has 11 heavy (non-hydrogen) atoms. The number of quaternary nitrogens is 1. The van der Waals surface area contributed by atoms with Gasteiger partial charge in [0.15, 0.2) is 0 Å². The van der Waals surface area contributed by atoms with Crippen LogP contribution in [0.4, 0.5) is 4.39 Å². The molecule has 2 heteroatoms. The van der Waals surface area contributed by atoms with Gasteiger partial charge in [0.05, 0.1) is 20.0 Å². The Morgan fingerprint density at radius 2 is 2.18 bits per heavy atom. The van der Waals surface area contributed by atoms with Crippen LogP contribution in [-0.2, 0) is 0 Å². The SMILES string of the molecule is CC(C)C12CC[N@@+]1(C)CC2F. The molecule has 2 fully saturated rings. The van der Waals surface area contributed by atoms with Crippen LogP contribution >= 0.6 is 0 Å². The predicted octanol–water partition coefficient (Wildman–Crippen LogP) is 1.58. The van der Waals surface area contributed by atoms with Gasteiger partial charge in [0.25, 0.3) is 0 Å². The molecule has 2 heterocycles. The van der Waals surface area contributed by atoms with E-state index >= 15 is 0 Å². The molecule has 2 aliphatic heterocycles. The van der Waals surface area contributed by atoms with Crippen molar-refractivity contribution in [2.24, 2.45) is 5.92 Å². The van der Waals surface area contributed by atoms with Gasteiger partial charge >= 0.3 is 0 Å². The average molecular weight is 158 g/mol. The highest BCUT2D eigenvalue weighted by Crippen LogP contribution is 2.54. The van der Waals surface area contributed by atoms with Gasteiger partial charge < -0.3 is 4.48 Å². The molecule has 0 aliphatic carbocycles. The molecule has 1 nitrogen and oxygen atoms in total. The van der Waals surface area contributed by atoms with Crippen LogP contribution in [0.15, 0.2) is 0 Å². The van der Waals surface area contributed by atoms with Crippen molar-refractivity contribution in [2.45, 2.75) is 32.0 Å². The van der Waals surface area contributed by atoms with Gasteiger partial charge in [-0.15, -0.1) is 0 Å². The van der Waals surface area contributed by atoms with E-state index in [0.717, 1.165) is 17.4 Å². The number of hydrogen-bond donors (Lipinski definition) is 0. The summed E-state index contributed by atoms with van der Waals surface area (Å²) < 4.78 is 14.4. The molecule has 0 aromatic rings. The molecular formula is C9H17FN+. The molecule has 2 saturated heterocycles. The molecule has 0 saturated carbocycles. The molecule has 2 rings (SSSR count). The minimum Gasteiger partial charge on any atom is -0.315 e. The molecule has 2 aliphatic rings. The summed E-state index contributed by atoms with van der Waals surface area (Å²) in [7, 11) is 2.19. The topological polar surface area (TPSA) is 0 Å². The van der Waals surface area contributed by atoms with Gasteiger partial charge in [-0.1, -0.05) is 13.8 Å². The number of halogens is 1. The fourth-order valence-corrected chi connectivity index (χ4v) is 3.18. The summed E-state index contributed by atoms with van der Waals surface area (Å²) in [4.78, 5) is 0. The van der Waals surface area contributed by atoms with Crippen LogP contribution in [-0.4, -0.2) is 36.3 Å². The first kappa shape index (κ1) is 7.53. The first-order valence-corrected chi connectivity index (χ1v) is 4.52. The highest BCUT2D eigenvalue weighted by molar-refractivity contribution is 5.05. The Hall–Kier alpha value is -0.110. The van der Waals surface area contributed by atoms with E-state index in [2.05, 4.69) is 20.9 Å². The predicted molar refractivity (Wildman–Crippen MR) is 43.0 cm³/mol. The number of hydrogen-bond acceptors (Lipinski definition) is 0. The quantitative estimate of drug-likeness (QED) is 0.508. The van der Waals surface area contributed by atoms with Crippen LogP contribution in [0.3, 0.4) is 0 Å². The van der Waals surface area contributed by atoms with E-state index in [0.29, 0.717) is 5.92 Å². The molecule has 2 unspecified atom stereocenters. The van der Waals surface area contributed by atoms with Gasteiger partial charge in [0, 0.05) is 5.92 Å². The fraction of sp³-hybridized carbons (Fsp3) is 1.00. The van der Waals surface area contributed by atoms with Crippen molar-refractivity contribution in [3.05, 3.63) is 0 Å². The first-order chi connectivity index (χ1) is 5.03. The lowest BCUT2D eigenvalue weighted by molar-refractivity contribution is -1.05. The average Bonchev–Trinajstić information content (AvgIpc) is 1.85. The van der Waals surface area contributed by atoms with Gasteiger partial charge in [0.2, 0.25) is 6.17 Å². The van der Waals surface area contributed by atoms with Crippen molar-refractivity contribution < 1.29 is 8.87 Å². The van der Waals surface area contributed by atoms with Crippen LogP contribution in [0.25, 0.3) is 0 Å². The van der Waals surface area contributed by atoms with Crippen LogP contribution in [0.5, 0.6) is 0 Å². The fourth-order valence-electron chi connectivity index (χ4n) is 3.18. The first-order valence-electron chi connectivity index (χ1n) is 4.52. The molecular weight excluding hydrogens is 141 g/mol.